The molecule has 4 rings (SSSR count). The van der Waals surface area contributed by atoms with Gasteiger partial charge in [-0.15, -0.1) is 11.3 Å². The molecule has 2 aliphatic rings. The maximum absolute atomic E-state index is 12.4. The SMILES string of the molecule is O=C(C1CN(c2ccnc3ccsc23)C1)N1CCOCC1. The standard InChI is InChI=1S/C15H17N3O2S/c19-15(17-4-6-20-7-5-17)11-9-18(10-11)13-1-3-16-12-2-8-21-14(12)13/h1-3,8,11H,4-7,9-10H2. The Morgan fingerprint density at radius 2 is 2.10 bits per heavy atom. The highest BCUT2D eigenvalue weighted by molar-refractivity contribution is 7.17. The Balaban J connectivity index is 1.45. The van der Waals surface area contributed by atoms with Gasteiger partial charge in [-0.2, -0.15) is 0 Å². The van der Waals surface area contributed by atoms with E-state index in [9.17, 15) is 4.79 Å². The van der Waals surface area contributed by atoms with E-state index in [1.165, 1.54) is 10.4 Å². The number of anilines is 1. The molecule has 2 aromatic heterocycles. The van der Waals surface area contributed by atoms with Gasteiger partial charge in [-0.25, -0.2) is 0 Å². The van der Waals surface area contributed by atoms with Crippen molar-refractivity contribution in [3.63, 3.8) is 0 Å². The molecule has 0 radical (unpaired) electrons. The van der Waals surface area contributed by atoms with Gasteiger partial charge in [0.25, 0.3) is 0 Å². The minimum atomic E-state index is 0.131. The first-order valence-electron chi connectivity index (χ1n) is 7.26. The molecule has 0 atom stereocenters. The molecule has 2 aromatic rings. The lowest BCUT2D eigenvalue weighted by molar-refractivity contribution is -0.140. The summed E-state index contributed by atoms with van der Waals surface area (Å²) in [5, 5.41) is 2.07. The topological polar surface area (TPSA) is 45.7 Å². The van der Waals surface area contributed by atoms with Gasteiger partial charge >= 0.3 is 0 Å². The van der Waals surface area contributed by atoms with Gasteiger partial charge < -0.3 is 14.5 Å². The number of fused-ring (bicyclic) bond motifs is 1. The summed E-state index contributed by atoms with van der Waals surface area (Å²) < 4.78 is 6.52. The van der Waals surface area contributed by atoms with Crippen molar-refractivity contribution >= 4 is 33.1 Å². The zero-order valence-electron chi connectivity index (χ0n) is 11.7. The third kappa shape index (κ3) is 2.28. The van der Waals surface area contributed by atoms with E-state index in [1.807, 2.05) is 23.2 Å². The molecule has 0 aromatic carbocycles. The number of aromatic nitrogens is 1. The van der Waals surface area contributed by atoms with Crippen molar-refractivity contribution in [3.8, 4) is 0 Å². The number of amides is 1. The van der Waals surface area contributed by atoms with Crippen LogP contribution in [0.3, 0.4) is 0 Å². The van der Waals surface area contributed by atoms with Crippen molar-refractivity contribution < 1.29 is 9.53 Å². The summed E-state index contributed by atoms with van der Waals surface area (Å²) in [5.74, 6) is 0.414. The molecule has 4 heterocycles. The van der Waals surface area contributed by atoms with Crippen LogP contribution in [-0.4, -0.2) is 55.2 Å². The molecule has 0 unspecified atom stereocenters. The Morgan fingerprint density at radius 1 is 1.29 bits per heavy atom. The molecule has 0 N–H and O–H groups in total. The van der Waals surface area contributed by atoms with Gasteiger partial charge in [-0.1, -0.05) is 0 Å². The van der Waals surface area contributed by atoms with Crippen LogP contribution < -0.4 is 4.90 Å². The number of rotatable bonds is 2. The number of thiophene rings is 1. The number of ether oxygens (including phenoxy) is 1. The minimum Gasteiger partial charge on any atom is -0.378 e. The predicted molar refractivity (Wildman–Crippen MR) is 82.7 cm³/mol. The van der Waals surface area contributed by atoms with Crippen molar-refractivity contribution in [2.45, 2.75) is 0 Å². The molecular weight excluding hydrogens is 286 g/mol. The van der Waals surface area contributed by atoms with E-state index in [1.54, 1.807) is 11.3 Å². The second-order valence-electron chi connectivity index (χ2n) is 5.50. The van der Waals surface area contributed by atoms with E-state index < -0.39 is 0 Å². The first-order valence-corrected chi connectivity index (χ1v) is 8.14. The normalized spacial score (nSPS) is 19.8. The number of morpholine rings is 1. The molecule has 0 bridgehead atoms. The molecule has 0 aliphatic carbocycles. The largest absolute Gasteiger partial charge is 0.378 e. The number of pyridine rings is 1. The van der Waals surface area contributed by atoms with E-state index in [2.05, 4.69) is 15.3 Å². The van der Waals surface area contributed by atoms with Gasteiger partial charge in [0.15, 0.2) is 0 Å². The predicted octanol–water partition coefficient (Wildman–Crippen LogP) is 1.59. The summed E-state index contributed by atoms with van der Waals surface area (Å²) >= 11 is 1.71. The zero-order chi connectivity index (χ0) is 14.2. The van der Waals surface area contributed by atoms with Crippen molar-refractivity contribution in [3.05, 3.63) is 23.7 Å². The van der Waals surface area contributed by atoms with Gasteiger partial charge in [0, 0.05) is 32.4 Å². The molecule has 5 nitrogen and oxygen atoms in total. The van der Waals surface area contributed by atoms with Crippen molar-refractivity contribution in [1.29, 1.82) is 0 Å². The van der Waals surface area contributed by atoms with Crippen LogP contribution in [0.2, 0.25) is 0 Å². The summed E-state index contributed by atoms with van der Waals surface area (Å²) in [7, 11) is 0. The van der Waals surface area contributed by atoms with Gasteiger partial charge in [-0.05, 0) is 17.5 Å². The molecular formula is C15H17N3O2S. The number of hydrogen-bond acceptors (Lipinski definition) is 5. The molecule has 21 heavy (non-hydrogen) atoms. The summed E-state index contributed by atoms with van der Waals surface area (Å²) in [5.41, 5.74) is 2.25. The molecule has 6 heteroatoms. The Bertz CT molecular complexity index is 660. The average Bonchev–Trinajstić information content (AvgIpc) is 2.96. The van der Waals surface area contributed by atoms with E-state index in [0.29, 0.717) is 13.2 Å². The fraction of sp³-hybridized carbons (Fsp3) is 0.467. The fourth-order valence-corrected chi connectivity index (χ4v) is 3.87. The molecule has 2 saturated heterocycles. The van der Waals surface area contributed by atoms with Crippen LogP contribution in [0.1, 0.15) is 0 Å². The second kappa shape index (κ2) is 5.27. The maximum atomic E-state index is 12.4. The fourth-order valence-electron chi connectivity index (χ4n) is 2.98. The highest BCUT2D eigenvalue weighted by atomic mass is 32.1. The third-order valence-electron chi connectivity index (χ3n) is 4.22. The lowest BCUT2D eigenvalue weighted by Crippen LogP contribution is -2.56. The molecule has 110 valence electrons. The lowest BCUT2D eigenvalue weighted by atomic mass is 9.97. The first kappa shape index (κ1) is 13.0. The molecule has 2 fully saturated rings. The Kier molecular flexibility index (Phi) is 3.27. The summed E-state index contributed by atoms with van der Waals surface area (Å²) in [6, 6.07) is 4.09. The number of carbonyl (C=O) groups excluding carboxylic acids is 1. The number of nitrogens with zero attached hydrogens (tertiary/aromatic N) is 3. The second-order valence-corrected chi connectivity index (χ2v) is 6.42. The average molecular weight is 303 g/mol. The third-order valence-corrected chi connectivity index (χ3v) is 5.14. The summed E-state index contributed by atoms with van der Waals surface area (Å²) in [4.78, 5) is 21.0. The minimum absolute atomic E-state index is 0.131. The van der Waals surface area contributed by atoms with Gasteiger partial charge in [-0.3, -0.25) is 9.78 Å². The summed E-state index contributed by atoms with van der Waals surface area (Å²) in [6.07, 6.45) is 1.85. The molecule has 2 aliphatic heterocycles. The Hall–Kier alpha value is -1.66. The molecule has 0 spiro atoms. The number of carbonyl (C=O) groups is 1. The van der Waals surface area contributed by atoms with E-state index in [4.69, 9.17) is 4.74 Å². The van der Waals surface area contributed by atoms with Crippen molar-refractivity contribution in [2.24, 2.45) is 5.92 Å². The zero-order valence-corrected chi connectivity index (χ0v) is 12.5. The summed E-state index contributed by atoms with van der Waals surface area (Å²) in [6.45, 7) is 4.44. The molecule has 1 amide bonds. The quantitative estimate of drug-likeness (QED) is 0.845. The van der Waals surface area contributed by atoms with Crippen LogP contribution in [0.15, 0.2) is 23.7 Å². The first-order chi connectivity index (χ1) is 10.3. The van der Waals surface area contributed by atoms with E-state index >= 15 is 0 Å². The van der Waals surface area contributed by atoms with Crippen LogP contribution in [-0.2, 0) is 9.53 Å². The van der Waals surface area contributed by atoms with Crippen LogP contribution in [0.25, 0.3) is 10.2 Å². The van der Waals surface area contributed by atoms with Crippen molar-refractivity contribution in [2.75, 3.05) is 44.3 Å². The maximum Gasteiger partial charge on any atom is 0.229 e. The van der Waals surface area contributed by atoms with E-state index in [-0.39, 0.29) is 11.8 Å². The van der Waals surface area contributed by atoms with Crippen LogP contribution in [0.5, 0.6) is 0 Å². The monoisotopic (exact) mass is 303 g/mol. The van der Waals surface area contributed by atoms with Gasteiger partial charge in [0.2, 0.25) is 5.91 Å². The van der Waals surface area contributed by atoms with Crippen LogP contribution in [0, 0.1) is 5.92 Å². The van der Waals surface area contributed by atoms with Crippen LogP contribution in [0.4, 0.5) is 5.69 Å². The van der Waals surface area contributed by atoms with Crippen LogP contribution >= 0.6 is 11.3 Å². The smallest absolute Gasteiger partial charge is 0.229 e. The Morgan fingerprint density at radius 3 is 2.90 bits per heavy atom. The van der Waals surface area contributed by atoms with Gasteiger partial charge in [0.05, 0.1) is 35.0 Å². The number of hydrogen-bond donors (Lipinski definition) is 0. The highest BCUT2D eigenvalue weighted by Crippen LogP contribution is 2.34. The van der Waals surface area contributed by atoms with E-state index in [0.717, 1.165) is 31.7 Å². The Labute approximate surface area is 127 Å². The highest BCUT2D eigenvalue weighted by Gasteiger charge is 2.36. The van der Waals surface area contributed by atoms with Crippen molar-refractivity contribution in [1.82, 2.24) is 9.88 Å². The molecule has 0 saturated carbocycles. The van der Waals surface area contributed by atoms with Gasteiger partial charge in [0.1, 0.15) is 0 Å². The lowest BCUT2D eigenvalue weighted by Gasteiger charge is -2.42.